The van der Waals surface area contributed by atoms with Crippen molar-refractivity contribution in [3.05, 3.63) is 126 Å². The second kappa shape index (κ2) is 12.2. The number of amides is 3. The summed E-state index contributed by atoms with van der Waals surface area (Å²) < 4.78 is 39.1. The number of rotatable bonds is 8. The Hall–Kier alpha value is -5.58. The van der Waals surface area contributed by atoms with Crippen molar-refractivity contribution in [2.45, 2.75) is 31.1 Å². The van der Waals surface area contributed by atoms with Gasteiger partial charge in [0.05, 0.1) is 16.8 Å². The molecule has 1 atom stereocenters. The number of aromatic nitrogens is 2. The molecule has 6 rings (SSSR count). The number of fused-ring (bicyclic) bond motifs is 1. The number of halogens is 3. The van der Waals surface area contributed by atoms with Crippen LogP contribution >= 0.6 is 0 Å². The zero-order chi connectivity index (χ0) is 31.6. The number of benzene rings is 3. The summed E-state index contributed by atoms with van der Waals surface area (Å²) in [6, 6.07) is 23.6. The van der Waals surface area contributed by atoms with Gasteiger partial charge in [-0.25, -0.2) is 4.98 Å². The zero-order valence-corrected chi connectivity index (χ0v) is 23.6. The fourth-order valence-corrected chi connectivity index (χ4v) is 4.84. The molecule has 11 heteroatoms. The van der Waals surface area contributed by atoms with Gasteiger partial charge in [0, 0.05) is 28.8 Å². The van der Waals surface area contributed by atoms with E-state index < -0.39 is 29.6 Å². The third-order valence-electron chi connectivity index (χ3n) is 7.33. The highest BCUT2D eigenvalue weighted by Crippen LogP contribution is 2.32. The van der Waals surface area contributed by atoms with Gasteiger partial charge in [-0.3, -0.25) is 19.4 Å². The lowest BCUT2D eigenvalue weighted by atomic mass is 9.98. The van der Waals surface area contributed by atoms with Crippen LogP contribution in [0.1, 0.15) is 50.9 Å². The average Bonchev–Trinajstić information content (AvgIpc) is 3.87. The second-order valence-corrected chi connectivity index (χ2v) is 10.6. The van der Waals surface area contributed by atoms with Crippen molar-refractivity contribution in [2.75, 3.05) is 5.32 Å². The lowest BCUT2D eigenvalue weighted by Crippen LogP contribution is -2.41. The SMILES string of the molecule is O=C(N[C@H](C(=O)NC1CC1)c1ccccn1)c1ccc2nc(NC(=O)c3ccccc3-c3ccc(C(F)(F)F)cc3)ccc2c1. The van der Waals surface area contributed by atoms with E-state index in [4.69, 9.17) is 0 Å². The summed E-state index contributed by atoms with van der Waals surface area (Å²) in [6.45, 7) is 0. The Bertz CT molecular complexity index is 1890. The minimum absolute atomic E-state index is 0.111. The Balaban J connectivity index is 1.18. The second-order valence-electron chi connectivity index (χ2n) is 10.6. The summed E-state index contributed by atoms with van der Waals surface area (Å²) in [5.41, 5.74) is 1.66. The number of nitrogens with zero attached hydrogens (tertiary/aromatic N) is 2. The number of hydrogen-bond donors (Lipinski definition) is 3. The van der Waals surface area contributed by atoms with E-state index in [-0.39, 0.29) is 23.3 Å². The van der Waals surface area contributed by atoms with Crippen LogP contribution in [0, 0.1) is 0 Å². The summed E-state index contributed by atoms with van der Waals surface area (Å²) in [7, 11) is 0. The van der Waals surface area contributed by atoms with Gasteiger partial charge in [-0.2, -0.15) is 13.2 Å². The molecular weight excluding hydrogens is 583 g/mol. The van der Waals surface area contributed by atoms with Gasteiger partial charge in [-0.1, -0.05) is 36.4 Å². The molecule has 3 N–H and O–H groups in total. The van der Waals surface area contributed by atoms with Crippen molar-refractivity contribution >= 4 is 34.4 Å². The van der Waals surface area contributed by atoms with Crippen LogP contribution in [0.25, 0.3) is 22.0 Å². The summed E-state index contributed by atoms with van der Waals surface area (Å²) in [6.07, 6.45) is -1.10. The van der Waals surface area contributed by atoms with Gasteiger partial charge in [0.2, 0.25) is 5.91 Å². The standard InChI is InChI=1S/C34H26F3N5O3/c35-34(36,37)23-12-8-20(9-13-23)25-5-1-2-6-26(25)32(44)41-29-17-11-21-19-22(10-16-27(21)40-29)31(43)42-30(28-7-3-4-18-38-28)33(45)39-24-14-15-24/h1-13,16-19,24,30H,14-15H2,(H,39,45)(H,42,43)(H,40,41,44)/t30-/m0/s1. The fraction of sp³-hybridized carbons (Fsp3) is 0.147. The smallest absolute Gasteiger partial charge is 0.351 e. The van der Waals surface area contributed by atoms with Crippen LogP contribution in [0.5, 0.6) is 0 Å². The molecule has 0 unspecified atom stereocenters. The number of pyridine rings is 2. The number of anilines is 1. The van der Waals surface area contributed by atoms with Crippen molar-refractivity contribution in [1.29, 1.82) is 0 Å². The first kappa shape index (κ1) is 29.5. The Morgan fingerprint density at radius 3 is 2.29 bits per heavy atom. The van der Waals surface area contributed by atoms with Crippen molar-refractivity contribution < 1.29 is 27.6 Å². The van der Waals surface area contributed by atoms with Crippen molar-refractivity contribution in [3.8, 4) is 11.1 Å². The third-order valence-corrected chi connectivity index (χ3v) is 7.33. The number of hydrogen-bond acceptors (Lipinski definition) is 5. The van der Waals surface area contributed by atoms with Crippen LogP contribution in [0.4, 0.5) is 19.0 Å². The molecule has 1 aliphatic carbocycles. The van der Waals surface area contributed by atoms with Gasteiger partial charge in [0.1, 0.15) is 5.82 Å². The minimum Gasteiger partial charge on any atom is -0.351 e. The Morgan fingerprint density at radius 1 is 0.822 bits per heavy atom. The molecule has 1 fully saturated rings. The number of carbonyl (C=O) groups excluding carboxylic acids is 3. The van der Waals surface area contributed by atoms with Crippen LogP contribution in [-0.2, 0) is 11.0 Å². The quantitative estimate of drug-likeness (QED) is 0.191. The molecule has 45 heavy (non-hydrogen) atoms. The summed E-state index contributed by atoms with van der Waals surface area (Å²) in [5.74, 6) is -1.03. The van der Waals surface area contributed by atoms with E-state index in [1.807, 2.05) is 0 Å². The maximum absolute atomic E-state index is 13.2. The van der Waals surface area contributed by atoms with Gasteiger partial charge in [0.25, 0.3) is 11.8 Å². The van der Waals surface area contributed by atoms with Crippen molar-refractivity contribution in [3.63, 3.8) is 0 Å². The molecule has 226 valence electrons. The highest BCUT2D eigenvalue weighted by atomic mass is 19.4. The normalized spacial score (nSPS) is 13.6. The molecule has 8 nitrogen and oxygen atoms in total. The van der Waals surface area contributed by atoms with Gasteiger partial charge in [-0.15, -0.1) is 0 Å². The Labute approximate surface area is 255 Å². The van der Waals surface area contributed by atoms with E-state index in [2.05, 4.69) is 25.9 Å². The number of nitrogens with one attached hydrogen (secondary N) is 3. The van der Waals surface area contributed by atoms with Gasteiger partial charge in [0.15, 0.2) is 6.04 Å². The maximum Gasteiger partial charge on any atom is 0.416 e. The van der Waals surface area contributed by atoms with E-state index in [0.29, 0.717) is 33.3 Å². The molecule has 1 saturated carbocycles. The first-order valence-electron chi connectivity index (χ1n) is 14.2. The molecule has 2 aromatic heterocycles. The summed E-state index contributed by atoms with van der Waals surface area (Å²) in [5, 5.41) is 9.08. The van der Waals surface area contributed by atoms with E-state index >= 15 is 0 Å². The highest BCUT2D eigenvalue weighted by molar-refractivity contribution is 6.09. The minimum atomic E-state index is -4.46. The van der Waals surface area contributed by atoms with Gasteiger partial charge in [-0.05, 0) is 84.6 Å². The zero-order valence-electron chi connectivity index (χ0n) is 23.6. The molecule has 0 spiro atoms. The van der Waals surface area contributed by atoms with Crippen LogP contribution < -0.4 is 16.0 Å². The van der Waals surface area contributed by atoms with E-state index in [1.165, 1.54) is 12.1 Å². The average molecular weight is 610 g/mol. The highest BCUT2D eigenvalue weighted by Gasteiger charge is 2.31. The Kier molecular flexibility index (Phi) is 7.99. The molecule has 0 aliphatic heterocycles. The molecule has 5 aromatic rings. The third kappa shape index (κ3) is 6.82. The molecule has 2 heterocycles. The molecular formula is C34H26F3N5O3. The molecule has 1 aliphatic rings. The predicted octanol–water partition coefficient (Wildman–Crippen LogP) is 6.32. The summed E-state index contributed by atoms with van der Waals surface area (Å²) >= 11 is 0. The van der Waals surface area contributed by atoms with Crippen LogP contribution in [0.3, 0.4) is 0 Å². The lowest BCUT2D eigenvalue weighted by molar-refractivity contribution is -0.137. The molecule has 3 aromatic carbocycles. The van der Waals surface area contributed by atoms with E-state index in [1.54, 1.807) is 79.0 Å². The van der Waals surface area contributed by atoms with Gasteiger partial charge >= 0.3 is 6.18 Å². The maximum atomic E-state index is 13.2. The van der Waals surface area contributed by atoms with Gasteiger partial charge < -0.3 is 16.0 Å². The fourth-order valence-electron chi connectivity index (χ4n) is 4.84. The lowest BCUT2D eigenvalue weighted by Gasteiger charge is -2.18. The molecule has 0 bridgehead atoms. The molecule has 0 saturated heterocycles. The van der Waals surface area contributed by atoms with Crippen LogP contribution in [-0.4, -0.2) is 33.7 Å². The van der Waals surface area contributed by atoms with Crippen LogP contribution in [0.2, 0.25) is 0 Å². The first-order chi connectivity index (χ1) is 21.7. The monoisotopic (exact) mass is 609 g/mol. The Morgan fingerprint density at radius 2 is 1.58 bits per heavy atom. The van der Waals surface area contributed by atoms with Crippen LogP contribution in [0.15, 0.2) is 103 Å². The number of carbonyl (C=O) groups is 3. The van der Waals surface area contributed by atoms with E-state index in [9.17, 15) is 27.6 Å². The largest absolute Gasteiger partial charge is 0.416 e. The van der Waals surface area contributed by atoms with Crippen molar-refractivity contribution in [1.82, 2.24) is 20.6 Å². The predicted molar refractivity (Wildman–Crippen MR) is 162 cm³/mol. The molecule has 0 radical (unpaired) electrons. The van der Waals surface area contributed by atoms with E-state index in [0.717, 1.165) is 25.0 Å². The van der Waals surface area contributed by atoms with Crippen molar-refractivity contribution in [2.24, 2.45) is 0 Å². The first-order valence-corrected chi connectivity index (χ1v) is 14.2. The number of alkyl halides is 3. The topological polar surface area (TPSA) is 113 Å². The molecule has 3 amide bonds. The summed E-state index contributed by atoms with van der Waals surface area (Å²) in [4.78, 5) is 48.1.